The molecule has 29 heavy (non-hydrogen) atoms. The van der Waals surface area contributed by atoms with Crippen LogP contribution in [0, 0.1) is 0 Å². The van der Waals surface area contributed by atoms with Crippen LogP contribution in [-0.4, -0.2) is 48.0 Å². The van der Waals surface area contributed by atoms with Crippen molar-refractivity contribution >= 4 is 21.6 Å². The standard InChI is InChI=1S/C20H24N2O6S/c1-26-17-12-19(28-3)18(27-2)11-15(17)13-21-20(23)14-5-7-16(8-6-14)22-9-4-10-29(22,24)25/h5-8,11-12H,4,9-10,13H2,1-3H3,(H,21,23). The highest BCUT2D eigenvalue weighted by molar-refractivity contribution is 7.93. The van der Waals surface area contributed by atoms with Gasteiger partial charge in [-0.25, -0.2) is 8.42 Å². The van der Waals surface area contributed by atoms with E-state index < -0.39 is 10.0 Å². The van der Waals surface area contributed by atoms with Gasteiger partial charge < -0.3 is 19.5 Å². The number of hydrogen-bond acceptors (Lipinski definition) is 6. The Morgan fingerprint density at radius 1 is 1.00 bits per heavy atom. The molecule has 156 valence electrons. The molecule has 0 aliphatic carbocycles. The number of benzene rings is 2. The molecule has 0 spiro atoms. The van der Waals surface area contributed by atoms with Gasteiger partial charge in [-0.3, -0.25) is 9.10 Å². The van der Waals surface area contributed by atoms with Crippen LogP contribution in [0.1, 0.15) is 22.3 Å². The van der Waals surface area contributed by atoms with Gasteiger partial charge in [-0.15, -0.1) is 0 Å². The summed E-state index contributed by atoms with van der Waals surface area (Å²) in [6.45, 7) is 0.692. The number of ether oxygens (including phenoxy) is 3. The fraction of sp³-hybridized carbons (Fsp3) is 0.350. The van der Waals surface area contributed by atoms with Crippen molar-refractivity contribution in [2.24, 2.45) is 0 Å². The second-order valence-electron chi connectivity index (χ2n) is 6.49. The van der Waals surface area contributed by atoms with Gasteiger partial charge in [-0.1, -0.05) is 0 Å². The summed E-state index contributed by atoms with van der Waals surface area (Å²) in [7, 11) is 1.37. The van der Waals surface area contributed by atoms with E-state index in [1.807, 2.05) is 0 Å². The molecule has 0 bridgehead atoms. The number of carbonyl (C=O) groups is 1. The summed E-state index contributed by atoms with van der Waals surface area (Å²) >= 11 is 0. The maximum atomic E-state index is 12.5. The molecule has 1 saturated heterocycles. The van der Waals surface area contributed by atoms with Crippen LogP contribution >= 0.6 is 0 Å². The van der Waals surface area contributed by atoms with Crippen molar-refractivity contribution < 1.29 is 27.4 Å². The molecule has 0 radical (unpaired) electrons. The largest absolute Gasteiger partial charge is 0.496 e. The van der Waals surface area contributed by atoms with Gasteiger partial charge >= 0.3 is 0 Å². The molecule has 1 aliphatic heterocycles. The lowest BCUT2D eigenvalue weighted by molar-refractivity contribution is 0.0950. The minimum absolute atomic E-state index is 0.155. The van der Waals surface area contributed by atoms with Crippen molar-refractivity contribution in [2.75, 3.05) is 37.9 Å². The summed E-state index contributed by atoms with van der Waals surface area (Å²) in [5.74, 6) is 1.51. The lowest BCUT2D eigenvalue weighted by Gasteiger charge is -2.17. The fourth-order valence-corrected chi connectivity index (χ4v) is 4.78. The first-order valence-electron chi connectivity index (χ1n) is 9.07. The number of nitrogens with zero attached hydrogens (tertiary/aromatic N) is 1. The molecule has 0 unspecified atom stereocenters. The Balaban J connectivity index is 1.71. The van der Waals surface area contributed by atoms with Crippen LogP contribution in [0.4, 0.5) is 5.69 Å². The number of hydrogen-bond donors (Lipinski definition) is 1. The number of methoxy groups -OCH3 is 3. The first kappa shape index (κ1) is 20.8. The summed E-state index contributed by atoms with van der Waals surface area (Å²) < 4.78 is 41.3. The molecule has 1 N–H and O–H groups in total. The van der Waals surface area contributed by atoms with Crippen molar-refractivity contribution in [3.05, 3.63) is 47.5 Å². The maximum Gasteiger partial charge on any atom is 0.251 e. The van der Waals surface area contributed by atoms with Crippen molar-refractivity contribution in [2.45, 2.75) is 13.0 Å². The molecule has 1 aliphatic rings. The number of carbonyl (C=O) groups excluding carboxylic acids is 1. The number of anilines is 1. The van der Waals surface area contributed by atoms with Crippen molar-refractivity contribution in [3.63, 3.8) is 0 Å². The lowest BCUT2D eigenvalue weighted by Crippen LogP contribution is -2.25. The number of amides is 1. The van der Waals surface area contributed by atoms with Gasteiger partial charge in [-0.05, 0) is 36.8 Å². The van der Waals surface area contributed by atoms with Gasteiger partial charge in [0.1, 0.15) is 5.75 Å². The Kier molecular flexibility index (Phi) is 6.17. The first-order chi connectivity index (χ1) is 13.9. The average Bonchev–Trinajstić information content (AvgIpc) is 3.10. The number of nitrogens with one attached hydrogen (secondary N) is 1. The van der Waals surface area contributed by atoms with E-state index in [4.69, 9.17) is 14.2 Å². The lowest BCUT2D eigenvalue weighted by atomic mass is 10.1. The number of sulfonamides is 1. The molecule has 2 aromatic carbocycles. The Bertz CT molecular complexity index is 989. The zero-order valence-electron chi connectivity index (χ0n) is 16.6. The topological polar surface area (TPSA) is 94.2 Å². The highest BCUT2D eigenvalue weighted by atomic mass is 32.2. The zero-order valence-corrected chi connectivity index (χ0v) is 17.4. The summed E-state index contributed by atoms with van der Waals surface area (Å²) in [6, 6.07) is 9.98. The Hall–Kier alpha value is -2.94. The van der Waals surface area contributed by atoms with Crippen molar-refractivity contribution in [1.29, 1.82) is 0 Å². The van der Waals surface area contributed by atoms with Crippen LogP contribution in [0.2, 0.25) is 0 Å². The van der Waals surface area contributed by atoms with Crippen LogP contribution in [0.15, 0.2) is 36.4 Å². The molecule has 0 atom stereocenters. The highest BCUT2D eigenvalue weighted by Gasteiger charge is 2.28. The average molecular weight is 420 g/mol. The fourth-order valence-electron chi connectivity index (χ4n) is 3.22. The molecule has 1 heterocycles. The minimum Gasteiger partial charge on any atom is -0.496 e. The van der Waals surface area contributed by atoms with E-state index in [9.17, 15) is 13.2 Å². The van der Waals surface area contributed by atoms with Gasteiger partial charge in [0.25, 0.3) is 5.91 Å². The van der Waals surface area contributed by atoms with Gasteiger partial charge in [0.05, 0.1) is 32.8 Å². The summed E-state index contributed by atoms with van der Waals surface area (Å²) in [5, 5.41) is 2.84. The maximum absolute atomic E-state index is 12.5. The highest BCUT2D eigenvalue weighted by Crippen LogP contribution is 2.34. The molecule has 9 heteroatoms. The molecule has 0 aromatic heterocycles. The second-order valence-corrected chi connectivity index (χ2v) is 8.50. The monoisotopic (exact) mass is 420 g/mol. The van der Waals surface area contributed by atoms with Crippen LogP contribution in [0.3, 0.4) is 0 Å². The molecule has 3 rings (SSSR count). The van der Waals surface area contributed by atoms with E-state index in [0.29, 0.717) is 41.5 Å². The van der Waals surface area contributed by atoms with E-state index in [1.54, 1.807) is 36.4 Å². The van der Waals surface area contributed by atoms with E-state index in [0.717, 1.165) is 5.56 Å². The molecule has 2 aromatic rings. The quantitative estimate of drug-likeness (QED) is 0.738. The smallest absolute Gasteiger partial charge is 0.251 e. The Morgan fingerprint density at radius 3 is 2.17 bits per heavy atom. The summed E-state index contributed by atoms with van der Waals surface area (Å²) in [4.78, 5) is 12.5. The van der Waals surface area contributed by atoms with E-state index in [-0.39, 0.29) is 18.2 Å². The minimum atomic E-state index is -3.24. The Morgan fingerprint density at radius 2 is 1.62 bits per heavy atom. The Labute approximate surface area is 170 Å². The third-order valence-corrected chi connectivity index (χ3v) is 6.61. The second kappa shape index (κ2) is 8.60. The third-order valence-electron chi connectivity index (χ3n) is 4.74. The molecule has 1 fully saturated rings. The molecule has 8 nitrogen and oxygen atoms in total. The molecular formula is C20H24N2O6S. The molecular weight excluding hydrogens is 396 g/mol. The zero-order chi connectivity index (χ0) is 21.0. The van der Waals surface area contributed by atoms with E-state index in [2.05, 4.69) is 5.32 Å². The van der Waals surface area contributed by atoms with Crippen LogP contribution in [0.25, 0.3) is 0 Å². The normalized spacial score (nSPS) is 15.1. The van der Waals surface area contributed by atoms with Gasteiger partial charge in [-0.2, -0.15) is 0 Å². The van der Waals surface area contributed by atoms with Crippen LogP contribution in [-0.2, 0) is 16.6 Å². The predicted molar refractivity (Wildman–Crippen MR) is 109 cm³/mol. The van der Waals surface area contributed by atoms with Gasteiger partial charge in [0, 0.05) is 30.3 Å². The summed E-state index contributed by atoms with van der Waals surface area (Å²) in [6.07, 6.45) is 0.609. The van der Waals surface area contributed by atoms with E-state index in [1.165, 1.54) is 25.6 Å². The molecule has 0 saturated carbocycles. The van der Waals surface area contributed by atoms with Crippen LogP contribution < -0.4 is 23.8 Å². The van der Waals surface area contributed by atoms with Gasteiger partial charge in [0.15, 0.2) is 11.5 Å². The van der Waals surface area contributed by atoms with Crippen LogP contribution in [0.5, 0.6) is 17.2 Å². The molecule has 1 amide bonds. The SMILES string of the molecule is COc1cc(OC)c(OC)cc1CNC(=O)c1ccc(N2CCCS2(=O)=O)cc1. The number of rotatable bonds is 7. The van der Waals surface area contributed by atoms with Gasteiger partial charge in [0.2, 0.25) is 10.0 Å². The van der Waals surface area contributed by atoms with Crippen molar-refractivity contribution in [3.8, 4) is 17.2 Å². The van der Waals surface area contributed by atoms with E-state index >= 15 is 0 Å². The third kappa shape index (κ3) is 4.40. The van der Waals surface area contributed by atoms with Crippen molar-refractivity contribution in [1.82, 2.24) is 5.32 Å². The predicted octanol–water partition coefficient (Wildman–Crippen LogP) is 2.18. The summed E-state index contributed by atoms with van der Waals surface area (Å²) in [5.41, 5.74) is 1.74. The first-order valence-corrected chi connectivity index (χ1v) is 10.7.